The minimum absolute atomic E-state index is 0.0529. The van der Waals surface area contributed by atoms with Crippen molar-refractivity contribution in [2.24, 2.45) is 0 Å². The van der Waals surface area contributed by atoms with E-state index in [1.165, 1.54) is 12.1 Å². The second-order valence-electron chi connectivity index (χ2n) is 4.40. The summed E-state index contributed by atoms with van der Waals surface area (Å²) >= 11 is 5.93. The lowest BCUT2D eigenvalue weighted by atomic mass is 10.2. The molecule has 0 bridgehead atoms. The smallest absolute Gasteiger partial charge is 0.275 e. The van der Waals surface area contributed by atoms with Crippen molar-refractivity contribution in [1.82, 2.24) is 4.98 Å². The molecule has 21 heavy (non-hydrogen) atoms. The van der Waals surface area contributed by atoms with Gasteiger partial charge in [-0.3, -0.25) is 10.1 Å². The molecule has 1 N–H and O–H groups in total. The predicted octanol–water partition coefficient (Wildman–Crippen LogP) is 4.10. The fourth-order valence-corrected chi connectivity index (χ4v) is 2.20. The van der Waals surface area contributed by atoms with E-state index in [0.29, 0.717) is 27.9 Å². The number of hydrogen-bond donors (Lipinski definition) is 1. The van der Waals surface area contributed by atoms with Gasteiger partial charge in [0.2, 0.25) is 0 Å². The molecule has 6 nitrogen and oxygen atoms in total. The first-order valence-electron chi connectivity index (χ1n) is 6.10. The molecule has 1 aromatic carbocycles. The number of fused-ring (bicyclic) bond motifs is 1. The van der Waals surface area contributed by atoms with E-state index in [2.05, 4.69) is 10.3 Å². The molecule has 0 aliphatic heterocycles. The molecule has 0 atom stereocenters. The van der Waals surface area contributed by atoms with E-state index in [-0.39, 0.29) is 5.69 Å². The highest BCUT2D eigenvalue weighted by Gasteiger charge is 2.15. The summed E-state index contributed by atoms with van der Waals surface area (Å²) in [5.41, 5.74) is 0.984. The summed E-state index contributed by atoms with van der Waals surface area (Å²) in [6.07, 6.45) is 0. The van der Waals surface area contributed by atoms with E-state index in [4.69, 9.17) is 16.0 Å². The molecule has 0 fully saturated rings. The number of aromatic nitrogens is 1. The minimum Gasteiger partial charge on any atom is -0.454 e. The van der Waals surface area contributed by atoms with Gasteiger partial charge in [-0.15, -0.1) is 0 Å². The van der Waals surface area contributed by atoms with E-state index in [9.17, 15) is 10.1 Å². The zero-order valence-corrected chi connectivity index (χ0v) is 11.7. The third kappa shape index (κ3) is 2.53. The van der Waals surface area contributed by atoms with Crippen molar-refractivity contribution in [3.8, 4) is 11.5 Å². The zero-order chi connectivity index (χ0) is 15.0. The Morgan fingerprint density at radius 1 is 1.29 bits per heavy atom. The number of benzene rings is 1. The van der Waals surface area contributed by atoms with Gasteiger partial charge in [0, 0.05) is 23.5 Å². The molecule has 2 heterocycles. The Bertz CT molecular complexity index is 845. The molecule has 0 saturated heterocycles. The number of hydrogen-bond acceptors (Lipinski definition) is 5. The van der Waals surface area contributed by atoms with Gasteiger partial charge in [0.05, 0.1) is 11.0 Å². The molecule has 7 heteroatoms. The second-order valence-corrected chi connectivity index (χ2v) is 4.83. The lowest BCUT2D eigenvalue weighted by molar-refractivity contribution is -0.384. The van der Waals surface area contributed by atoms with Crippen LogP contribution in [0.1, 0.15) is 0 Å². The summed E-state index contributed by atoms with van der Waals surface area (Å²) in [4.78, 5) is 14.8. The summed E-state index contributed by atoms with van der Waals surface area (Å²) < 4.78 is 5.67. The Kier molecular flexibility index (Phi) is 3.23. The van der Waals surface area contributed by atoms with E-state index in [1.54, 1.807) is 31.3 Å². The summed E-state index contributed by atoms with van der Waals surface area (Å²) in [5, 5.41) is 15.2. The van der Waals surface area contributed by atoms with Gasteiger partial charge < -0.3 is 9.73 Å². The van der Waals surface area contributed by atoms with Crippen LogP contribution in [-0.4, -0.2) is 17.0 Å². The van der Waals surface area contributed by atoms with Crippen LogP contribution in [0.3, 0.4) is 0 Å². The number of furan rings is 1. The Hall–Kier alpha value is -2.60. The van der Waals surface area contributed by atoms with Crippen LogP contribution in [-0.2, 0) is 0 Å². The van der Waals surface area contributed by atoms with Crippen LogP contribution in [0.25, 0.3) is 22.4 Å². The van der Waals surface area contributed by atoms with Gasteiger partial charge in [0.25, 0.3) is 5.69 Å². The topological polar surface area (TPSA) is 81.2 Å². The van der Waals surface area contributed by atoms with Crippen LogP contribution in [0.4, 0.5) is 11.5 Å². The first-order valence-corrected chi connectivity index (χ1v) is 6.48. The molecule has 0 saturated carbocycles. The van der Waals surface area contributed by atoms with Crippen molar-refractivity contribution in [1.29, 1.82) is 0 Å². The van der Waals surface area contributed by atoms with E-state index in [0.717, 1.165) is 5.39 Å². The Morgan fingerprint density at radius 3 is 2.81 bits per heavy atom. The van der Waals surface area contributed by atoms with Crippen LogP contribution >= 0.6 is 11.6 Å². The quantitative estimate of drug-likeness (QED) is 0.582. The van der Waals surface area contributed by atoms with Gasteiger partial charge in [-0.05, 0) is 24.3 Å². The van der Waals surface area contributed by atoms with Gasteiger partial charge in [-0.1, -0.05) is 11.6 Å². The molecule has 0 radical (unpaired) electrons. The maximum Gasteiger partial charge on any atom is 0.275 e. The molecule has 3 aromatic rings. The fourth-order valence-electron chi connectivity index (χ4n) is 2.02. The number of rotatable bonds is 3. The van der Waals surface area contributed by atoms with Crippen LogP contribution < -0.4 is 5.32 Å². The summed E-state index contributed by atoms with van der Waals surface area (Å²) in [7, 11) is 1.65. The molecule has 0 aliphatic carbocycles. The Labute approximate surface area is 124 Å². The first kappa shape index (κ1) is 13.4. The molecule has 0 aliphatic rings. The lowest BCUT2D eigenvalue weighted by Crippen LogP contribution is -1.97. The highest BCUT2D eigenvalue weighted by atomic mass is 35.5. The van der Waals surface area contributed by atoms with E-state index >= 15 is 0 Å². The van der Waals surface area contributed by atoms with Crippen LogP contribution in [0.2, 0.25) is 5.02 Å². The number of pyridine rings is 1. The number of nitrogens with zero attached hydrogens (tertiary/aromatic N) is 2. The number of nitro groups is 1. The van der Waals surface area contributed by atoms with Gasteiger partial charge in [-0.2, -0.15) is 0 Å². The van der Waals surface area contributed by atoms with Gasteiger partial charge in [-0.25, -0.2) is 4.98 Å². The molecule has 0 amide bonds. The number of nitrogens with one attached hydrogen (secondary N) is 1. The van der Waals surface area contributed by atoms with E-state index in [1.807, 2.05) is 0 Å². The highest BCUT2D eigenvalue weighted by molar-refractivity contribution is 6.31. The van der Waals surface area contributed by atoms with Crippen molar-refractivity contribution in [2.45, 2.75) is 0 Å². The van der Waals surface area contributed by atoms with Crippen molar-refractivity contribution in [3.05, 3.63) is 51.5 Å². The van der Waals surface area contributed by atoms with Gasteiger partial charge >= 0.3 is 0 Å². The maximum atomic E-state index is 11.0. The van der Waals surface area contributed by atoms with Crippen molar-refractivity contribution < 1.29 is 9.34 Å². The van der Waals surface area contributed by atoms with E-state index < -0.39 is 4.92 Å². The third-order valence-corrected chi connectivity index (χ3v) is 3.24. The highest BCUT2D eigenvalue weighted by Crippen LogP contribution is 2.31. The van der Waals surface area contributed by atoms with Crippen molar-refractivity contribution in [3.63, 3.8) is 0 Å². The van der Waals surface area contributed by atoms with Crippen LogP contribution in [0.15, 0.2) is 40.8 Å². The lowest BCUT2D eigenvalue weighted by Gasteiger charge is -2.02. The zero-order valence-electron chi connectivity index (χ0n) is 11.0. The summed E-state index contributed by atoms with van der Waals surface area (Å²) in [5.74, 6) is 0.852. The molecule has 3 rings (SSSR count). The summed E-state index contributed by atoms with van der Waals surface area (Å²) in [6.45, 7) is 0. The molecular weight excluding hydrogens is 294 g/mol. The average Bonchev–Trinajstić information content (AvgIpc) is 2.89. The number of halogens is 1. The second kappa shape index (κ2) is 5.06. The Balaban J connectivity index is 2.16. The van der Waals surface area contributed by atoms with Crippen LogP contribution in [0, 0.1) is 10.1 Å². The summed E-state index contributed by atoms with van der Waals surface area (Å²) in [6, 6.07) is 9.73. The normalized spacial score (nSPS) is 10.8. The van der Waals surface area contributed by atoms with Gasteiger partial charge in [0.1, 0.15) is 17.1 Å². The standard InChI is InChI=1S/C14H10ClN3O3/c1-16-14-7-10(18(19)20)6-11(17-14)13-5-8-4-9(15)2-3-12(8)21-13/h2-7H,1H3,(H,16,17). The molecule has 0 spiro atoms. The molecule has 106 valence electrons. The maximum absolute atomic E-state index is 11.0. The SMILES string of the molecule is CNc1cc([N+](=O)[O-])cc(-c2cc3cc(Cl)ccc3o2)n1. The van der Waals surface area contributed by atoms with Crippen LogP contribution in [0.5, 0.6) is 0 Å². The third-order valence-electron chi connectivity index (χ3n) is 3.01. The number of anilines is 1. The average molecular weight is 304 g/mol. The molecule has 0 unspecified atom stereocenters. The monoisotopic (exact) mass is 303 g/mol. The molecular formula is C14H10ClN3O3. The Morgan fingerprint density at radius 2 is 2.10 bits per heavy atom. The van der Waals surface area contributed by atoms with Crippen molar-refractivity contribution in [2.75, 3.05) is 12.4 Å². The largest absolute Gasteiger partial charge is 0.454 e. The fraction of sp³-hybridized carbons (Fsp3) is 0.0714. The van der Waals surface area contributed by atoms with Gasteiger partial charge in [0.15, 0.2) is 5.76 Å². The predicted molar refractivity (Wildman–Crippen MR) is 80.7 cm³/mol. The first-order chi connectivity index (χ1) is 10.1. The minimum atomic E-state index is -0.467. The molecule has 2 aromatic heterocycles. The van der Waals surface area contributed by atoms with Crippen molar-refractivity contribution >= 4 is 34.1 Å².